The van der Waals surface area contributed by atoms with Gasteiger partial charge in [-0.25, -0.2) is 4.79 Å². The number of hydrogen-bond donors (Lipinski definition) is 1. The van der Waals surface area contributed by atoms with E-state index in [9.17, 15) is 4.79 Å². The fourth-order valence-corrected chi connectivity index (χ4v) is 2.27. The van der Waals surface area contributed by atoms with E-state index in [0.29, 0.717) is 5.02 Å². The molecular formula is C14H15ClN2O2. The van der Waals surface area contributed by atoms with Gasteiger partial charge in [0.2, 0.25) is 0 Å². The van der Waals surface area contributed by atoms with Crippen molar-refractivity contribution in [3.05, 3.63) is 40.7 Å². The van der Waals surface area contributed by atoms with Crippen LogP contribution >= 0.6 is 11.6 Å². The van der Waals surface area contributed by atoms with Crippen LogP contribution in [0.5, 0.6) is 0 Å². The highest BCUT2D eigenvalue weighted by Crippen LogP contribution is 2.30. The number of carbonyl (C=O) groups is 1. The standard InChI is InChI=1S/C14H15ClN2O2/c1-3-6-17-8-12(9(2)16-17)11-5-4-10(14(18)19)7-13(11)15/h4-5,7-8H,3,6H2,1-2H3,(H,18,19). The number of hydrogen-bond acceptors (Lipinski definition) is 2. The molecule has 1 aromatic heterocycles. The zero-order valence-electron chi connectivity index (χ0n) is 10.9. The van der Waals surface area contributed by atoms with E-state index in [0.717, 1.165) is 29.8 Å². The van der Waals surface area contributed by atoms with Gasteiger partial charge in [0, 0.05) is 28.9 Å². The summed E-state index contributed by atoms with van der Waals surface area (Å²) in [5.41, 5.74) is 2.83. The molecule has 0 atom stereocenters. The Hall–Kier alpha value is -1.81. The van der Waals surface area contributed by atoms with Crippen LogP contribution in [0.15, 0.2) is 24.4 Å². The summed E-state index contributed by atoms with van der Waals surface area (Å²) in [7, 11) is 0. The van der Waals surface area contributed by atoms with Crippen molar-refractivity contribution in [2.24, 2.45) is 0 Å². The highest BCUT2D eigenvalue weighted by atomic mass is 35.5. The molecule has 0 aliphatic heterocycles. The molecule has 1 N–H and O–H groups in total. The Morgan fingerprint density at radius 2 is 2.16 bits per heavy atom. The Balaban J connectivity index is 2.44. The molecule has 4 nitrogen and oxygen atoms in total. The first kappa shape index (κ1) is 13.6. The van der Waals surface area contributed by atoms with Gasteiger partial charge in [0.15, 0.2) is 0 Å². The van der Waals surface area contributed by atoms with E-state index in [-0.39, 0.29) is 5.56 Å². The first-order valence-electron chi connectivity index (χ1n) is 6.10. The Morgan fingerprint density at radius 1 is 1.42 bits per heavy atom. The number of nitrogens with zero attached hydrogens (tertiary/aromatic N) is 2. The van der Waals surface area contributed by atoms with E-state index in [1.165, 1.54) is 6.07 Å². The second-order valence-corrected chi connectivity index (χ2v) is 4.80. The molecule has 1 aromatic carbocycles. The van der Waals surface area contributed by atoms with Crippen LogP contribution in [-0.2, 0) is 6.54 Å². The van der Waals surface area contributed by atoms with Gasteiger partial charge in [-0.2, -0.15) is 5.10 Å². The molecule has 100 valence electrons. The molecule has 0 radical (unpaired) electrons. The molecule has 19 heavy (non-hydrogen) atoms. The lowest BCUT2D eigenvalue weighted by molar-refractivity contribution is 0.0697. The number of aromatic nitrogens is 2. The maximum absolute atomic E-state index is 10.9. The number of benzene rings is 1. The molecule has 0 amide bonds. The van der Waals surface area contributed by atoms with Gasteiger partial charge in [0.1, 0.15) is 0 Å². The van der Waals surface area contributed by atoms with Crippen LogP contribution in [0, 0.1) is 6.92 Å². The number of aryl methyl sites for hydroxylation is 2. The Kier molecular flexibility index (Phi) is 3.90. The monoisotopic (exact) mass is 278 g/mol. The minimum atomic E-state index is -0.980. The third-order valence-corrected chi connectivity index (χ3v) is 3.22. The van der Waals surface area contributed by atoms with Crippen LogP contribution in [0.4, 0.5) is 0 Å². The molecule has 0 bridgehead atoms. The fourth-order valence-electron chi connectivity index (χ4n) is 1.99. The predicted octanol–water partition coefficient (Wildman–Crippen LogP) is 3.62. The maximum atomic E-state index is 10.9. The number of carboxylic acids is 1. The quantitative estimate of drug-likeness (QED) is 0.929. The average molecular weight is 279 g/mol. The predicted molar refractivity (Wildman–Crippen MR) is 74.7 cm³/mol. The number of rotatable bonds is 4. The SMILES string of the molecule is CCCn1cc(-c2ccc(C(=O)O)cc2Cl)c(C)n1. The summed E-state index contributed by atoms with van der Waals surface area (Å²) in [5, 5.41) is 13.8. The Morgan fingerprint density at radius 3 is 2.74 bits per heavy atom. The second kappa shape index (κ2) is 5.45. The van der Waals surface area contributed by atoms with Crippen LogP contribution < -0.4 is 0 Å². The van der Waals surface area contributed by atoms with E-state index >= 15 is 0 Å². The molecule has 0 unspecified atom stereocenters. The average Bonchev–Trinajstić information content (AvgIpc) is 2.70. The van der Waals surface area contributed by atoms with E-state index < -0.39 is 5.97 Å². The smallest absolute Gasteiger partial charge is 0.335 e. The molecule has 0 saturated heterocycles. The van der Waals surface area contributed by atoms with Crippen LogP contribution in [0.2, 0.25) is 5.02 Å². The summed E-state index contributed by atoms with van der Waals surface area (Å²) in [5.74, 6) is -0.980. The summed E-state index contributed by atoms with van der Waals surface area (Å²) in [4.78, 5) is 10.9. The topological polar surface area (TPSA) is 55.1 Å². The van der Waals surface area contributed by atoms with Crippen LogP contribution in [0.1, 0.15) is 29.4 Å². The zero-order valence-corrected chi connectivity index (χ0v) is 11.6. The minimum Gasteiger partial charge on any atom is -0.478 e. The van der Waals surface area contributed by atoms with Crippen LogP contribution in [0.25, 0.3) is 11.1 Å². The van der Waals surface area contributed by atoms with E-state index in [4.69, 9.17) is 16.7 Å². The fraction of sp³-hybridized carbons (Fsp3) is 0.286. The van der Waals surface area contributed by atoms with Crippen molar-refractivity contribution >= 4 is 17.6 Å². The summed E-state index contributed by atoms with van der Waals surface area (Å²) >= 11 is 6.17. The third kappa shape index (κ3) is 2.79. The largest absolute Gasteiger partial charge is 0.478 e. The van der Waals surface area contributed by atoms with Gasteiger partial charge in [-0.3, -0.25) is 4.68 Å². The van der Waals surface area contributed by atoms with Crippen molar-refractivity contribution in [3.8, 4) is 11.1 Å². The molecule has 5 heteroatoms. The lowest BCUT2D eigenvalue weighted by Gasteiger charge is -2.04. The summed E-state index contributed by atoms with van der Waals surface area (Å²) in [6, 6.07) is 4.75. The molecule has 1 heterocycles. The van der Waals surface area contributed by atoms with Gasteiger partial charge < -0.3 is 5.11 Å². The molecular weight excluding hydrogens is 264 g/mol. The van der Waals surface area contributed by atoms with Crippen LogP contribution in [-0.4, -0.2) is 20.9 Å². The van der Waals surface area contributed by atoms with Crippen molar-refractivity contribution in [2.45, 2.75) is 26.8 Å². The summed E-state index contributed by atoms with van der Waals surface area (Å²) in [6.45, 7) is 4.86. The Bertz CT molecular complexity index is 620. The summed E-state index contributed by atoms with van der Waals surface area (Å²) < 4.78 is 1.88. The third-order valence-electron chi connectivity index (χ3n) is 2.91. The summed E-state index contributed by atoms with van der Waals surface area (Å²) in [6.07, 6.45) is 2.95. The molecule has 0 spiro atoms. The highest BCUT2D eigenvalue weighted by Gasteiger charge is 2.13. The second-order valence-electron chi connectivity index (χ2n) is 4.39. The molecule has 0 saturated carbocycles. The first-order chi connectivity index (χ1) is 9.02. The van der Waals surface area contributed by atoms with Gasteiger partial charge in [-0.05, 0) is 25.5 Å². The van der Waals surface area contributed by atoms with Crippen molar-refractivity contribution in [1.82, 2.24) is 9.78 Å². The molecule has 2 aromatic rings. The van der Waals surface area contributed by atoms with Crippen molar-refractivity contribution in [2.75, 3.05) is 0 Å². The van der Waals surface area contributed by atoms with Gasteiger partial charge in [-0.1, -0.05) is 24.6 Å². The van der Waals surface area contributed by atoms with E-state index in [1.54, 1.807) is 12.1 Å². The normalized spacial score (nSPS) is 10.7. The van der Waals surface area contributed by atoms with Crippen molar-refractivity contribution in [3.63, 3.8) is 0 Å². The highest BCUT2D eigenvalue weighted by molar-refractivity contribution is 6.33. The molecule has 0 aliphatic rings. The zero-order chi connectivity index (χ0) is 14.0. The molecule has 0 fully saturated rings. The van der Waals surface area contributed by atoms with Gasteiger partial charge in [0.05, 0.1) is 11.3 Å². The first-order valence-corrected chi connectivity index (χ1v) is 6.48. The minimum absolute atomic E-state index is 0.187. The maximum Gasteiger partial charge on any atom is 0.335 e. The lowest BCUT2D eigenvalue weighted by Crippen LogP contribution is -1.96. The van der Waals surface area contributed by atoms with E-state index in [2.05, 4.69) is 12.0 Å². The number of aromatic carboxylic acids is 1. The van der Waals surface area contributed by atoms with Crippen molar-refractivity contribution in [1.29, 1.82) is 0 Å². The van der Waals surface area contributed by atoms with Crippen molar-refractivity contribution < 1.29 is 9.90 Å². The van der Waals surface area contributed by atoms with Crippen LogP contribution in [0.3, 0.4) is 0 Å². The van der Waals surface area contributed by atoms with Gasteiger partial charge >= 0.3 is 5.97 Å². The number of carboxylic acid groups (broad SMARTS) is 1. The number of halogens is 1. The lowest BCUT2D eigenvalue weighted by atomic mass is 10.0. The van der Waals surface area contributed by atoms with Gasteiger partial charge in [-0.15, -0.1) is 0 Å². The van der Waals surface area contributed by atoms with Gasteiger partial charge in [0.25, 0.3) is 0 Å². The Labute approximate surface area is 116 Å². The molecule has 2 rings (SSSR count). The van der Waals surface area contributed by atoms with E-state index in [1.807, 2.05) is 17.8 Å². The molecule has 0 aliphatic carbocycles.